The molecule has 121 heavy (non-hydrogen) atoms. The molecule has 0 aliphatic carbocycles. The summed E-state index contributed by atoms with van der Waals surface area (Å²) in [5.74, 6) is 0. The maximum absolute atomic E-state index is 10.8. The predicted octanol–water partition coefficient (Wildman–Crippen LogP) is 29.2. The molecule has 0 atom stereocenters. The molecule has 7 heteroatoms. The first-order valence-corrected chi connectivity index (χ1v) is 42.3. The maximum Gasteiger partial charge on any atom is 0.252 e. The molecule has 20 rings (SSSR count). The highest BCUT2D eigenvalue weighted by molar-refractivity contribution is 7.00. The standard InChI is InChI=1S/C114H93BN6/c1-111(2,3)83-51-47-74(48-52-83)94-63-80(76-32-25-29-72(59-76)71-116)65-96(78-34-26-36-85(60-78)113(7,8)9)109(94)120-104-69-88(118-100-43-21-17-39-90(100)91-40-18-22-44-101(91)118)55-57-98(104)115-99-58-56-89(119-102-45-23-19-41-92(102)93-42-20-24-46-103(93)119)70-105(99)121(107-68-82(67-106(120)108(107)115)73-30-15-14-16-31-73)110-95(75-49-53-84(54-50-75)112(4,5)6)64-81(77-33-28-38-87(62-77)117-13)66-97(110)79-35-27-37-86(61-79)114(10,11)12/h14-70H,1-12H3. The Morgan fingerprint density at radius 2 is 0.636 bits per heavy atom. The highest BCUT2D eigenvalue weighted by Crippen LogP contribution is 2.57. The molecule has 16 aromatic carbocycles. The number of para-hydroxylation sites is 4. The summed E-state index contributed by atoms with van der Waals surface area (Å²) in [5, 5.41) is 15.5. The van der Waals surface area contributed by atoms with E-state index in [-0.39, 0.29) is 28.4 Å². The molecule has 0 bridgehead atoms. The summed E-state index contributed by atoms with van der Waals surface area (Å²) in [6.45, 7) is 35.7. The van der Waals surface area contributed by atoms with E-state index in [1.807, 2.05) is 30.3 Å². The molecule has 0 N–H and O–H groups in total. The van der Waals surface area contributed by atoms with Gasteiger partial charge in [-0.2, -0.15) is 5.26 Å². The van der Waals surface area contributed by atoms with Crippen LogP contribution in [0.25, 0.3) is 138 Å². The van der Waals surface area contributed by atoms with Crippen LogP contribution in [0.2, 0.25) is 0 Å². The highest BCUT2D eigenvalue weighted by atomic mass is 15.2. The Hall–Kier alpha value is -14.2. The van der Waals surface area contributed by atoms with Crippen molar-refractivity contribution in [3.63, 3.8) is 0 Å². The Morgan fingerprint density at radius 1 is 0.281 bits per heavy atom. The van der Waals surface area contributed by atoms with E-state index in [0.29, 0.717) is 11.3 Å². The minimum atomic E-state index is -0.375. The second-order valence-electron chi connectivity index (χ2n) is 37.1. The third-order valence-corrected chi connectivity index (χ3v) is 25.3. The lowest BCUT2D eigenvalue weighted by atomic mass is 9.33. The van der Waals surface area contributed by atoms with Crippen LogP contribution in [0.3, 0.4) is 0 Å². The van der Waals surface area contributed by atoms with Crippen LogP contribution in [0.1, 0.15) is 111 Å². The number of nitrogens with zero attached hydrogens (tertiary/aromatic N) is 6. The van der Waals surface area contributed by atoms with Gasteiger partial charge in [0.15, 0.2) is 5.69 Å². The van der Waals surface area contributed by atoms with E-state index in [1.165, 1.54) is 43.8 Å². The van der Waals surface area contributed by atoms with Gasteiger partial charge in [-0.25, -0.2) is 4.85 Å². The molecule has 2 aliphatic rings. The third-order valence-electron chi connectivity index (χ3n) is 25.3. The first kappa shape index (κ1) is 75.5. The zero-order valence-electron chi connectivity index (χ0n) is 70.7. The van der Waals surface area contributed by atoms with Crippen LogP contribution < -0.4 is 26.2 Å². The second-order valence-corrected chi connectivity index (χ2v) is 37.1. The summed E-state index contributed by atoms with van der Waals surface area (Å²) in [5.41, 5.74) is 36.0. The third kappa shape index (κ3) is 13.0. The first-order valence-electron chi connectivity index (χ1n) is 42.3. The van der Waals surface area contributed by atoms with Gasteiger partial charge in [-0.15, -0.1) is 0 Å². The number of hydrogen-bond donors (Lipinski definition) is 0. The summed E-state index contributed by atoms with van der Waals surface area (Å²) in [6.07, 6.45) is 0. The Balaban J connectivity index is 1.00. The van der Waals surface area contributed by atoms with Crippen molar-refractivity contribution in [3.05, 3.63) is 385 Å². The normalized spacial score (nSPS) is 12.7. The fraction of sp³-hybridized carbons (Fsp3) is 0.140. The topological polar surface area (TPSA) is 44.5 Å². The van der Waals surface area contributed by atoms with Crippen LogP contribution in [0.5, 0.6) is 0 Å². The number of nitriles is 1. The average molecular weight is 1560 g/mol. The van der Waals surface area contributed by atoms with Crippen LogP contribution in [0, 0.1) is 17.9 Å². The molecule has 4 heterocycles. The average Bonchev–Trinajstić information content (AvgIpc) is 0.812. The number of fused-ring (bicyclic) bond motifs is 10. The lowest BCUT2D eigenvalue weighted by molar-refractivity contribution is 0.590. The van der Waals surface area contributed by atoms with Crippen molar-refractivity contribution in [1.29, 1.82) is 5.26 Å². The van der Waals surface area contributed by atoms with E-state index in [2.05, 4.69) is 428 Å². The van der Waals surface area contributed by atoms with Gasteiger partial charge in [-0.1, -0.05) is 326 Å². The van der Waals surface area contributed by atoms with E-state index in [0.717, 1.165) is 162 Å². The summed E-state index contributed by atoms with van der Waals surface area (Å²) >= 11 is 0. The van der Waals surface area contributed by atoms with Crippen molar-refractivity contribution in [1.82, 2.24) is 9.13 Å². The van der Waals surface area contributed by atoms with Crippen molar-refractivity contribution < 1.29 is 0 Å². The fourth-order valence-electron chi connectivity index (χ4n) is 19.0. The second kappa shape index (κ2) is 28.8. The molecule has 2 aliphatic heterocycles. The lowest BCUT2D eigenvalue weighted by Gasteiger charge is -2.46. The molecule has 0 fully saturated rings. The lowest BCUT2D eigenvalue weighted by Crippen LogP contribution is -2.61. The number of anilines is 6. The number of hydrogen-bond acceptors (Lipinski definition) is 3. The summed E-state index contributed by atoms with van der Waals surface area (Å²) in [4.78, 5) is 9.45. The number of aromatic nitrogens is 2. The smallest absolute Gasteiger partial charge is 0.252 e. The van der Waals surface area contributed by atoms with E-state index in [4.69, 9.17) is 6.57 Å². The van der Waals surface area contributed by atoms with Gasteiger partial charge in [0.25, 0.3) is 6.71 Å². The SMILES string of the molecule is [C-]#[N+]c1cccc(-c2cc(-c3ccc(C(C)(C)C)cc3)c(N3c4cc(-n5c6ccccc6c6ccccc65)ccc4B4c5ccc(-n6c7ccccc7c7ccccc76)cc5N(c5c(-c6ccc(C(C)(C)C)cc6)cc(-c6cccc(C#N)c6)cc5-c5cccc(C(C)(C)C)c5)c5cc(-c6ccccc6)cc3c54)c(-c3cccc(C(C)(C)C)c3)c2)c1. The van der Waals surface area contributed by atoms with Gasteiger partial charge >= 0.3 is 0 Å². The van der Waals surface area contributed by atoms with Gasteiger partial charge < -0.3 is 18.9 Å². The summed E-state index contributed by atoms with van der Waals surface area (Å²) in [6, 6.07) is 132. The van der Waals surface area contributed by atoms with Crippen molar-refractivity contribution in [3.8, 4) is 95.3 Å². The van der Waals surface area contributed by atoms with E-state index in [1.54, 1.807) is 0 Å². The zero-order chi connectivity index (χ0) is 83.1. The van der Waals surface area contributed by atoms with Gasteiger partial charge in [0.05, 0.1) is 51.6 Å². The number of benzene rings is 16. The Morgan fingerprint density at radius 3 is 1.04 bits per heavy atom. The Labute approximate surface area is 711 Å². The van der Waals surface area contributed by atoms with Gasteiger partial charge in [-0.05, 0) is 219 Å². The van der Waals surface area contributed by atoms with Gasteiger partial charge in [0.2, 0.25) is 0 Å². The minimum Gasteiger partial charge on any atom is -0.310 e. The molecule has 2 aromatic heterocycles. The molecule has 0 spiro atoms. The van der Waals surface area contributed by atoms with Crippen molar-refractivity contribution >= 4 is 107 Å². The Bertz CT molecular complexity index is 6810. The molecule has 0 amide bonds. The van der Waals surface area contributed by atoms with Crippen molar-refractivity contribution in [2.75, 3.05) is 9.80 Å². The van der Waals surface area contributed by atoms with Gasteiger partial charge in [0.1, 0.15) is 0 Å². The molecule has 6 nitrogen and oxygen atoms in total. The van der Waals surface area contributed by atoms with Gasteiger partial charge in [0, 0.05) is 77.9 Å². The van der Waals surface area contributed by atoms with Crippen LogP contribution in [0.4, 0.5) is 39.8 Å². The molecule has 0 radical (unpaired) electrons. The molecule has 18 aromatic rings. The van der Waals surface area contributed by atoms with Crippen LogP contribution in [-0.4, -0.2) is 15.8 Å². The largest absolute Gasteiger partial charge is 0.310 e. The van der Waals surface area contributed by atoms with E-state index >= 15 is 0 Å². The molecular formula is C114H93BN6. The van der Waals surface area contributed by atoms with E-state index < -0.39 is 0 Å². The molecule has 582 valence electrons. The molecular weight excluding hydrogens is 1460 g/mol. The fourth-order valence-corrected chi connectivity index (χ4v) is 19.0. The Kier molecular flexibility index (Phi) is 18.0. The zero-order valence-corrected chi connectivity index (χ0v) is 70.7. The highest BCUT2D eigenvalue weighted by Gasteiger charge is 2.46. The first-order chi connectivity index (χ1) is 58.4. The van der Waals surface area contributed by atoms with Gasteiger partial charge in [-0.3, -0.25) is 0 Å². The van der Waals surface area contributed by atoms with Crippen LogP contribution in [0.15, 0.2) is 346 Å². The monoisotopic (exact) mass is 1560 g/mol. The number of rotatable bonds is 11. The van der Waals surface area contributed by atoms with Crippen molar-refractivity contribution in [2.45, 2.75) is 105 Å². The van der Waals surface area contributed by atoms with Crippen LogP contribution in [-0.2, 0) is 21.7 Å². The molecule has 0 saturated heterocycles. The molecule has 0 unspecified atom stereocenters. The predicted molar refractivity (Wildman–Crippen MR) is 513 cm³/mol. The quantitative estimate of drug-likeness (QED) is 0.0958. The maximum atomic E-state index is 10.8. The molecule has 0 saturated carbocycles. The van der Waals surface area contributed by atoms with Crippen LogP contribution >= 0.6 is 0 Å². The van der Waals surface area contributed by atoms with E-state index in [9.17, 15) is 5.26 Å². The van der Waals surface area contributed by atoms with Crippen molar-refractivity contribution in [2.24, 2.45) is 0 Å². The minimum absolute atomic E-state index is 0.136. The summed E-state index contributed by atoms with van der Waals surface area (Å²) < 4.78 is 4.97. The summed E-state index contributed by atoms with van der Waals surface area (Å²) in [7, 11) is 0.